The third-order valence-corrected chi connectivity index (χ3v) is 8.25. The molecule has 1 amide bonds. The van der Waals surface area contributed by atoms with E-state index in [2.05, 4.69) is 50.1 Å². The SMILES string of the molecule is C=C/C(CN(CC)Cc1ccncc1)=C(\N=CC)c1nc(C(F)(F)F)c(CC2=CC(N3CCCCC3)=CCC=C2)s1.NC=O. The van der Waals surface area contributed by atoms with Crippen molar-refractivity contribution in [1.29, 1.82) is 0 Å². The number of piperidine rings is 1. The molecule has 0 saturated carbocycles. The van der Waals surface area contributed by atoms with Gasteiger partial charge in [0, 0.05) is 61.8 Å². The van der Waals surface area contributed by atoms with Crippen LogP contribution in [0.1, 0.15) is 60.7 Å². The summed E-state index contributed by atoms with van der Waals surface area (Å²) in [5.74, 6) is 0. The molecule has 3 heterocycles. The third kappa shape index (κ3) is 10.1. The van der Waals surface area contributed by atoms with Crippen molar-refractivity contribution >= 4 is 29.7 Å². The molecule has 2 aromatic rings. The van der Waals surface area contributed by atoms with Crippen molar-refractivity contribution in [3.8, 4) is 0 Å². The lowest BCUT2D eigenvalue weighted by Crippen LogP contribution is -2.28. The van der Waals surface area contributed by atoms with Gasteiger partial charge in [-0.2, -0.15) is 13.2 Å². The van der Waals surface area contributed by atoms with Crippen LogP contribution in [0.5, 0.6) is 0 Å². The van der Waals surface area contributed by atoms with Gasteiger partial charge in [-0.3, -0.25) is 19.7 Å². The summed E-state index contributed by atoms with van der Waals surface area (Å²) in [6.07, 6.45) is 15.0. The van der Waals surface area contributed by atoms with Gasteiger partial charge >= 0.3 is 6.18 Å². The van der Waals surface area contributed by atoms with Gasteiger partial charge in [0.15, 0.2) is 5.69 Å². The number of halogens is 3. The summed E-state index contributed by atoms with van der Waals surface area (Å²) in [4.78, 5) is 26.1. The number of amides is 1. The van der Waals surface area contributed by atoms with Crippen LogP contribution in [-0.4, -0.2) is 58.6 Å². The monoisotopic (exact) mass is 626 g/mol. The van der Waals surface area contributed by atoms with Crippen LogP contribution in [0, 0.1) is 0 Å². The Hall–Kier alpha value is -3.83. The molecule has 44 heavy (non-hydrogen) atoms. The number of alkyl halides is 3. The average Bonchev–Trinajstić information content (AvgIpc) is 3.31. The number of aromatic nitrogens is 2. The Morgan fingerprint density at radius 1 is 1.23 bits per heavy atom. The zero-order valence-corrected chi connectivity index (χ0v) is 26.2. The topological polar surface area (TPSA) is 87.7 Å². The molecule has 11 heteroatoms. The van der Waals surface area contributed by atoms with Crippen molar-refractivity contribution in [2.75, 3.05) is 26.2 Å². The van der Waals surface area contributed by atoms with Gasteiger partial charge in [0.1, 0.15) is 10.7 Å². The highest BCUT2D eigenvalue weighted by molar-refractivity contribution is 7.12. The van der Waals surface area contributed by atoms with Crippen molar-refractivity contribution in [3.05, 3.63) is 99.5 Å². The average molecular weight is 627 g/mol. The molecule has 236 valence electrons. The minimum atomic E-state index is -4.57. The minimum absolute atomic E-state index is 0.157. The summed E-state index contributed by atoms with van der Waals surface area (Å²) in [7, 11) is 0. The lowest BCUT2D eigenvalue weighted by molar-refractivity contribution is -0.141. The number of carbonyl (C=O) groups is 1. The number of hydrogen-bond donors (Lipinski definition) is 1. The number of rotatable bonds is 11. The van der Waals surface area contributed by atoms with Crippen molar-refractivity contribution in [1.82, 2.24) is 19.8 Å². The molecule has 1 aliphatic heterocycles. The highest BCUT2D eigenvalue weighted by Crippen LogP contribution is 2.39. The van der Waals surface area contributed by atoms with E-state index in [1.807, 2.05) is 30.4 Å². The Kier molecular flexibility index (Phi) is 13.8. The highest BCUT2D eigenvalue weighted by atomic mass is 32.1. The predicted octanol–water partition coefficient (Wildman–Crippen LogP) is 6.97. The second kappa shape index (κ2) is 17.5. The lowest BCUT2D eigenvalue weighted by atomic mass is 10.1. The Morgan fingerprint density at radius 2 is 1.93 bits per heavy atom. The summed E-state index contributed by atoms with van der Waals surface area (Å²) in [6, 6.07) is 3.91. The number of thiazole rings is 1. The Morgan fingerprint density at radius 3 is 2.55 bits per heavy atom. The number of carbonyl (C=O) groups excluding carboxylic acids is 1. The summed E-state index contributed by atoms with van der Waals surface area (Å²) >= 11 is 1.07. The van der Waals surface area contributed by atoms with E-state index in [1.165, 1.54) is 6.42 Å². The second-order valence-electron chi connectivity index (χ2n) is 10.3. The van der Waals surface area contributed by atoms with Crippen molar-refractivity contribution in [3.63, 3.8) is 0 Å². The van der Waals surface area contributed by atoms with E-state index in [1.54, 1.807) is 31.6 Å². The lowest BCUT2D eigenvalue weighted by Gasteiger charge is -2.30. The molecule has 0 bridgehead atoms. The summed E-state index contributed by atoms with van der Waals surface area (Å²) in [5, 5.41) is 0.255. The van der Waals surface area contributed by atoms with E-state index in [-0.39, 0.29) is 22.7 Å². The fourth-order valence-corrected chi connectivity index (χ4v) is 6.22. The fraction of sp³-hybridized carbons (Fsp3) is 0.394. The number of nitrogens with two attached hydrogens (primary N) is 1. The van der Waals surface area contributed by atoms with Gasteiger partial charge < -0.3 is 10.6 Å². The third-order valence-electron chi connectivity index (χ3n) is 7.19. The van der Waals surface area contributed by atoms with Crippen LogP contribution in [-0.2, 0) is 23.9 Å². The molecule has 4 rings (SSSR count). The molecule has 2 aromatic heterocycles. The summed E-state index contributed by atoms with van der Waals surface area (Å²) in [5.41, 5.74) is 7.54. The number of hydrogen-bond acceptors (Lipinski definition) is 7. The molecule has 0 radical (unpaired) electrons. The number of aliphatic imine (C=N–C) groups is 1. The van der Waals surface area contributed by atoms with Gasteiger partial charge in [0.2, 0.25) is 6.41 Å². The number of likely N-dealkylation sites (tertiary alicyclic amines) is 1. The van der Waals surface area contributed by atoms with E-state index in [4.69, 9.17) is 4.79 Å². The van der Waals surface area contributed by atoms with E-state index < -0.39 is 11.9 Å². The normalized spacial score (nSPS) is 16.1. The number of pyridine rings is 1. The molecular weight excluding hydrogens is 585 g/mol. The maximum Gasteiger partial charge on any atom is 0.434 e. The minimum Gasteiger partial charge on any atom is -0.372 e. The van der Waals surface area contributed by atoms with Gasteiger partial charge in [-0.05, 0) is 74.1 Å². The van der Waals surface area contributed by atoms with Crippen LogP contribution in [0.2, 0.25) is 0 Å². The predicted molar refractivity (Wildman–Crippen MR) is 173 cm³/mol. The van der Waals surface area contributed by atoms with Crippen LogP contribution in [0.4, 0.5) is 13.2 Å². The molecule has 0 spiro atoms. The maximum absolute atomic E-state index is 14.3. The van der Waals surface area contributed by atoms with Crippen LogP contribution in [0.3, 0.4) is 0 Å². The smallest absolute Gasteiger partial charge is 0.372 e. The van der Waals surface area contributed by atoms with Gasteiger partial charge in [-0.15, -0.1) is 11.3 Å². The van der Waals surface area contributed by atoms with Crippen LogP contribution in [0.25, 0.3) is 5.70 Å². The largest absolute Gasteiger partial charge is 0.434 e. The molecule has 2 N–H and O–H groups in total. The molecular formula is C33H41F3N6OS. The van der Waals surface area contributed by atoms with Crippen LogP contribution < -0.4 is 5.73 Å². The van der Waals surface area contributed by atoms with E-state index >= 15 is 0 Å². The number of primary amides is 1. The molecule has 1 fully saturated rings. The first-order valence-corrected chi connectivity index (χ1v) is 15.6. The molecule has 1 saturated heterocycles. The maximum atomic E-state index is 14.3. The van der Waals surface area contributed by atoms with Crippen molar-refractivity contribution in [2.45, 2.75) is 58.7 Å². The number of likely N-dealkylation sites (N-methyl/N-ethyl adjacent to an activating group) is 1. The number of allylic oxidation sites excluding steroid dienone is 5. The molecule has 7 nitrogen and oxygen atoms in total. The Labute approximate surface area is 262 Å². The molecule has 1 aliphatic carbocycles. The van der Waals surface area contributed by atoms with E-state index in [9.17, 15) is 13.2 Å². The van der Waals surface area contributed by atoms with E-state index in [0.29, 0.717) is 18.8 Å². The van der Waals surface area contributed by atoms with Gasteiger partial charge in [0.05, 0.1) is 0 Å². The first-order chi connectivity index (χ1) is 21.2. The zero-order chi connectivity index (χ0) is 32.0. The highest BCUT2D eigenvalue weighted by Gasteiger charge is 2.38. The standard InChI is InChI=1S/C32H38F3N5S.CH3NO/c1-4-26(23-39(6-3)22-24-14-16-36-17-15-24)29(37-5-2)31-38-30(32(33,34)35)28(41-31)21-25-12-8-9-13-27(20-25)40-18-10-7-11-19-40;2-1-3/h4-5,8,12-17,20H,1,6-7,9-11,18-19,21-23H2,2-3H3;1H,(H2,2,3)/b29-26+,37-5?;. The van der Waals surface area contributed by atoms with Crippen LogP contribution >= 0.6 is 11.3 Å². The summed E-state index contributed by atoms with van der Waals surface area (Å²) in [6.45, 7) is 11.6. The zero-order valence-electron chi connectivity index (χ0n) is 25.4. The van der Waals surface area contributed by atoms with Crippen LogP contribution in [0.15, 0.2) is 83.3 Å². The van der Waals surface area contributed by atoms with Gasteiger partial charge in [-0.25, -0.2) is 4.98 Å². The molecule has 0 aromatic carbocycles. The first-order valence-electron chi connectivity index (χ1n) is 14.7. The van der Waals surface area contributed by atoms with Gasteiger partial charge in [0.25, 0.3) is 0 Å². The quantitative estimate of drug-likeness (QED) is 0.165. The van der Waals surface area contributed by atoms with Crippen molar-refractivity contribution < 1.29 is 18.0 Å². The van der Waals surface area contributed by atoms with Gasteiger partial charge in [-0.1, -0.05) is 37.8 Å². The molecule has 2 aliphatic rings. The Balaban J connectivity index is 0.00000169. The van der Waals surface area contributed by atoms with E-state index in [0.717, 1.165) is 72.6 Å². The molecule has 0 unspecified atom stereocenters. The number of nitrogens with zero attached hydrogens (tertiary/aromatic N) is 5. The fourth-order valence-electron chi connectivity index (χ4n) is 5.07. The first kappa shape index (κ1) is 34.7. The Bertz CT molecular complexity index is 1390. The summed E-state index contributed by atoms with van der Waals surface area (Å²) < 4.78 is 42.9. The molecule has 0 atom stereocenters. The second-order valence-corrected chi connectivity index (χ2v) is 11.3. The van der Waals surface area contributed by atoms with Crippen molar-refractivity contribution in [2.24, 2.45) is 10.7 Å².